The van der Waals surface area contributed by atoms with Crippen molar-refractivity contribution >= 4 is 35.8 Å². The highest BCUT2D eigenvalue weighted by Crippen LogP contribution is 2.52. The first-order valence-electron chi connectivity index (χ1n) is 11.9. The highest BCUT2D eigenvalue weighted by molar-refractivity contribution is 6.06. The van der Waals surface area contributed by atoms with E-state index in [1.807, 2.05) is 12.2 Å². The number of nitrogens with zero attached hydrogens (tertiary/aromatic N) is 3. The Bertz CT molecular complexity index is 1330. The molecule has 2 fully saturated rings. The largest absolute Gasteiger partial charge is 0.490 e. The Balaban J connectivity index is 1.26. The van der Waals surface area contributed by atoms with E-state index in [1.54, 1.807) is 19.1 Å². The van der Waals surface area contributed by atoms with Gasteiger partial charge in [0, 0.05) is 18.2 Å². The highest BCUT2D eigenvalue weighted by atomic mass is 16.6. The molecular formula is C27H23N3O7. The molecule has 2 bridgehead atoms. The first-order valence-corrected chi connectivity index (χ1v) is 11.9. The fourth-order valence-corrected chi connectivity index (χ4v) is 5.10. The van der Waals surface area contributed by atoms with Crippen LogP contribution in [0.15, 0.2) is 65.8 Å². The van der Waals surface area contributed by atoms with Gasteiger partial charge in [-0.3, -0.25) is 19.7 Å². The third-order valence-corrected chi connectivity index (χ3v) is 6.76. The molecule has 3 aliphatic rings. The van der Waals surface area contributed by atoms with Crippen molar-refractivity contribution in [2.45, 2.75) is 13.3 Å². The van der Waals surface area contributed by atoms with Gasteiger partial charge in [-0.2, -0.15) is 10.1 Å². The van der Waals surface area contributed by atoms with Gasteiger partial charge in [-0.15, -0.1) is 0 Å². The molecule has 1 heterocycles. The molecule has 2 aromatic carbocycles. The van der Waals surface area contributed by atoms with Crippen molar-refractivity contribution in [2.24, 2.45) is 28.8 Å². The molecule has 1 saturated heterocycles. The summed E-state index contributed by atoms with van der Waals surface area (Å²) in [7, 11) is 0. The number of carbonyl (C=O) groups is 3. The molecule has 2 aromatic rings. The van der Waals surface area contributed by atoms with Gasteiger partial charge in [0.15, 0.2) is 11.5 Å². The van der Waals surface area contributed by atoms with Gasteiger partial charge in [-0.25, -0.2) is 4.79 Å². The Morgan fingerprint density at radius 3 is 2.32 bits per heavy atom. The molecule has 0 unspecified atom stereocenters. The number of hydrogen-bond acceptors (Lipinski definition) is 8. The van der Waals surface area contributed by atoms with E-state index < -0.39 is 10.9 Å². The lowest BCUT2D eigenvalue weighted by Crippen LogP contribution is -2.28. The van der Waals surface area contributed by atoms with Crippen LogP contribution in [0.2, 0.25) is 0 Å². The maximum atomic E-state index is 12.8. The monoisotopic (exact) mass is 501 g/mol. The summed E-state index contributed by atoms with van der Waals surface area (Å²) >= 11 is 0. The first-order chi connectivity index (χ1) is 17.9. The first kappa shape index (κ1) is 24.1. The molecular weight excluding hydrogens is 478 g/mol. The maximum Gasteiger partial charge on any atom is 0.336 e. The summed E-state index contributed by atoms with van der Waals surface area (Å²) in [5, 5.41) is 15.9. The van der Waals surface area contributed by atoms with Crippen LogP contribution in [0, 0.1) is 33.8 Å². The van der Waals surface area contributed by atoms with E-state index >= 15 is 0 Å². The van der Waals surface area contributed by atoms with Crippen molar-refractivity contribution in [3.8, 4) is 11.5 Å². The Labute approximate surface area is 212 Å². The number of nitro benzene ring substituents is 1. The van der Waals surface area contributed by atoms with Crippen LogP contribution in [0.25, 0.3) is 6.08 Å². The van der Waals surface area contributed by atoms with Crippen LogP contribution in [0.3, 0.4) is 0 Å². The molecule has 0 spiro atoms. The molecule has 188 valence electrons. The predicted molar refractivity (Wildman–Crippen MR) is 133 cm³/mol. The number of imide groups is 1. The number of nitro groups is 1. The van der Waals surface area contributed by atoms with E-state index in [0.717, 1.165) is 11.4 Å². The molecule has 0 radical (unpaired) electrons. The lowest BCUT2D eigenvalue weighted by Gasteiger charge is -2.13. The van der Waals surface area contributed by atoms with Crippen LogP contribution in [-0.2, 0) is 14.4 Å². The Kier molecular flexibility index (Phi) is 6.39. The predicted octanol–water partition coefficient (Wildman–Crippen LogP) is 3.75. The molecule has 2 aliphatic carbocycles. The van der Waals surface area contributed by atoms with Crippen LogP contribution in [0.4, 0.5) is 5.69 Å². The zero-order valence-corrected chi connectivity index (χ0v) is 19.9. The molecule has 5 rings (SSSR count). The molecule has 1 aliphatic heterocycles. The molecule has 2 amide bonds. The van der Waals surface area contributed by atoms with Crippen molar-refractivity contribution in [1.29, 1.82) is 0 Å². The number of hydrogen-bond donors (Lipinski definition) is 0. The normalized spacial score (nSPS) is 23.9. The SMILES string of the molecule is CCOc1cc(C=NN2C(=O)[C@@H]3[C@H](C2=O)[C@H]2C=C[C@H]3C2)ccc1OC(=O)/C=C/c1ccc([N+](=O)[O-])cc1. The van der Waals surface area contributed by atoms with E-state index in [2.05, 4.69) is 5.10 Å². The topological polar surface area (TPSA) is 128 Å². The summed E-state index contributed by atoms with van der Waals surface area (Å²) < 4.78 is 11.0. The third kappa shape index (κ3) is 4.65. The van der Waals surface area contributed by atoms with Crippen LogP contribution in [0.5, 0.6) is 11.5 Å². The van der Waals surface area contributed by atoms with E-state index in [1.165, 1.54) is 48.7 Å². The number of non-ortho nitro benzene ring substituents is 1. The standard InChI is InChI=1S/C27H23N3O7/c1-2-36-22-13-17(15-28-29-26(32)24-18-7-8-19(14-18)25(24)27(29)33)5-11-21(22)37-23(31)12-6-16-3-9-20(10-4-16)30(34)35/h3-13,15,18-19,24-25H,2,14H2,1H3/b12-6+,28-15?/t18-,19-,24-,25+/m0/s1. The number of carbonyl (C=O) groups excluding carboxylic acids is 3. The fourth-order valence-electron chi connectivity index (χ4n) is 5.10. The van der Waals surface area contributed by atoms with E-state index in [0.29, 0.717) is 23.5 Å². The molecule has 10 nitrogen and oxygen atoms in total. The minimum absolute atomic E-state index is 0.0462. The quantitative estimate of drug-likeness (QED) is 0.0787. The van der Waals surface area contributed by atoms with Crippen LogP contribution in [0.1, 0.15) is 24.5 Å². The van der Waals surface area contributed by atoms with Crippen molar-refractivity contribution < 1.29 is 28.8 Å². The lowest BCUT2D eigenvalue weighted by atomic mass is 9.85. The molecule has 1 saturated carbocycles. The second-order valence-electron chi connectivity index (χ2n) is 8.97. The van der Waals surface area contributed by atoms with Gasteiger partial charge in [0.25, 0.3) is 17.5 Å². The summed E-state index contributed by atoms with van der Waals surface area (Å²) in [4.78, 5) is 48.2. The van der Waals surface area contributed by atoms with Gasteiger partial charge >= 0.3 is 5.97 Å². The number of amides is 2. The van der Waals surface area contributed by atoms with Gasteiger partial charge in [0.05, 0.1) is 29.6 Å². The van der Waals surface area contributed by atoms with Gasteiger partial charge in [-0.05, 0) is 72.7 Å². The number of benzene rings is 2. The zero-order chi connectivity index (χ0) is 26.1. The minimum Gasteiger partial charge on any atom is -0.490 e. The molecule has 37 heavy (non-hydrogen) atoms. The Hall–Kier alpha value is -4.60. The average molecular weight is 501 g/mol. The smallest absolute Gasteiger partial charge is 0.336 e. The second-order valence-corrected chi connectivity index (χ2v) is 8.97. The summed E-state index contributed by atoms with van der Waals surface area (Å²) in [6.07, 6.45) is 9.00. The fraction of sp³-hybridized carbons (Fsp3) is 0.259. The van der Waals surface area contributed by atoms with Gasteiger partial charge in [-0.1, -0.05) is 12.2 Å². The van der Waals surface area contributed by atoms with Crippen molar-refractivity contribution in [2.75, 3.05) is 6.61 Å². The summed E-state index contributed by atoms with van der Waals surface area (Å²) in [5.74, 6) is -1.14. The van der Waals surface area contributed by atoms with Gasteiger partial charge in [0.2, 0.25) is 0 Å². The molecule has 0 aromatic heterocycles. The van der Waals surface area contributed by atoms with Gasteiger partial charge in [0.1, 0.15) is 0 Å². The third-order valence-electron chi connectivity index (χ3n) is 6.76. The van der Waals surface area contributed by atoms with Crippen molar-refractivity contribution in [1.82, 2.24) is 5.01 Å². The number of esters is 1. The molecule has 0 N–H and O–H groups in total. The van der Waals surface area contributed by atoms with Crippen molar-refractivity contribution in [3.05, 3.63) is 81.9 Å². The highest BCUT2D eigenvalue weighted by Gasteiger charge is 2.59. The zero-order valence-electron chi connectivity index (χ0n) is 19.9. The average Bonchev–Trinajstić information content (AvgIpc) is 3.57. The van der Waals surface area contributed by atoms with E-state index in [-0.39, 0.29) is 46.9 Å². The number of hydrazone groups is 1. The summed E-state index contributed by atoms with van der Waals surface area (Å²) in [6.45, 7) is 2.09. The summed E-state index contributed by atoms with van der Waals surface area (Å²) in [5.41, 5.74) is 1.11. The number of ether oxygens (including phenoxy) is 2. The second kappa shape index (κ2) is 9.81. The number of fused-ring (bicyclic) bond motifs is 5. The Morgan fingerprint density at radius 1 is 1.05 bits per heavy atom. The Morgan fingerprint density at radius 2 is 1.70 bits per heavy atom. The number of allylic oxidation sites excluding steroid dienone is 2. The van der Waals surface area contributed by atoms with E-state index in [4.69, 9.17) is 9.47 Å². The molecule has 10 heteroatoms. The number of rotatable bonds is 8. The maximum absolute atomic E-state index is 12.8. The molecule has 4 atom stereocenters. The lowest BCUT2D eigenvalue weighted by molar-refractivity contribution is -0.384. The summed E-state index contributed by atoms with van der Waals surface area (Å²) in [6, 6.07) is 10.5. The van der Waals surface area contributed by atoms with Crippen LogP contribution < -0.4 is 9.47 Å². The van der Waals surface area contributed by atoms with Crippen molar-refractivity contribution in [3.63, 3.8) is 0 Å². The van der Waals surface area contributed by atoms with Gasteiger partial charge < -0.3 is 9.47 Å². The minimum atomic E-state index is -0.663. The van der Waals surface area contributed by atoms with Crippen LogP contribution >= 0.6 is 0 Å². The van der Waals surface area contributed by atoms with Crippen LogP contribution in [-0.4, -0.2) is 40.5 Å². The van der Waals surface area contributed by atoms with E-state index in [9.17, 15) is 24.5 Å².